The Balaban J connectivity index is 1.80. The predicted molar refractivity (Wildman–Crippen MR) is 83.3 cm³/mol. The van der Waals surface area contributed by atoms with Crippen molar-refractivity contribution in [2.75, 3.05) is 6.54 Å². The summed E-state index contributed by atoms with van der Waals surface area (Å²) in [5.74, 6) is 1.04. The summed E-state index contributed by atoms with van der Waals surface area (Å²) in [6.07, 6.45) is 2.69. The molecule has 2 rings (SSSR count). The third-order valence-corrected chi connectivity index (χ3v) is 3.60. The molecule has 0 bridgehead atoms. The molecule has 1 N–H and O–H groups in total. The van der Waals surface area contributed by atoms with E-state index in [0.717, 1.165) is 31.0 Å². The van der Waals surface area contributed by atoms with E-state index < -0.39 is 0 Å². The van der Waals surface area contributed by atoms with E-state index in [4.69, 9.17) is 0 Å². The van der Waals surface area contributed by atoms with Crippen LogP contribution in [0.2, 0.25) is 0 Å². The second kappa shape index (κ2) is 6.85. The average Bonchev–Trinajstić information content (AvgIpc) is 2.97. The molecule has 2 aromatic heterocycles. The topological polar surface area (TPSA) is 60.6 Å². The van der Waals surface area contributed by atoms with E-state index in [1.807, 2.05) is 6.92 Å². The number of aromatic nitrogens is 5. The minimum Gasteiger partial charge on any atom is -0.315 e. The maximum Gasteiger partial charge on any atom is 0.134 e. The summed E-state index contributed by atoms with van der Waals surface area (Å²) in [4.78, 5) is 0. The van der Waals surface area contributed by atoms with Crippen LogP contribution in [0.4, 0.5) is 0 Å². The van der Waals surface area contributed by atoms with Gasteiger partial charge in [0, 0.05) is 30.7 Å². The number of hydrogen-bond donors (Lipinski definition) is 1. The summed E-state index contributed by atoms with van der Waals surface area (Å²) in [6.45, 7) is 12.4. The minimum atomic E-state index is 0.374. The van der Waals surface area contributed by atoms with E-state index >= 15 is 0 Å². The van der Waals surface area contributed by atoms with Crippen LogP contribution in [0, 0.1) is 13.8 Å². The lowest BCUT2D eigenvalue weighted by molar-refractivity contribution is 0.442. The van der Waals surface area contributed by atoms with Crippen molar-refractivity contribution in [3.05, 3.63) is 29.6 Å². The van der Waals surface area contributed by atoms with Crippen LogP contribution in [0.3, 0.4) is 0 Å². The molecule has 0 unspecified atom stereocenters. The molecule has 1 atom stereocenters. The maximum absolute atomic E-state index is 4.50. The lowest BCUT2D eigenvalue weighted by Crippen LogP contribution is -2.33. The van der Waals surface area contributed by atoms with Gasteiger partial charge in [0.05, 0.1) is 12.2 Å². The van der Waals surface area contributed by atoms with Crippen molar-refractivity contribution in [2.45, 2.75) is 59.7 Å². The molecule has 0 saturated carbocycles. The van der Waals surface area contributed by atoms with Crippen molar-refractivity contribution < 1.29 is 0 Å². The van der Waals surface area contributed by atoms with Gasteiger partial charge in [0.1, 0.15) is 12.2 Å². The molecule has 2 aromatic rings. The maximum atomic E-state index is 4.50. The van der Waals surface area contributed by atoms with Gasteiger partial charge in [0.2, 0.25) is 0 Å². The van der Waals surface area contributed by atoms with Gasteiger partial charge in [0.15, 0.2) is 0 Å². The molecule has 0 aliphatic heterocycles. The SMILES string of the molecule is Cc1cc(C)n(C[C@H](C)NCCc2nncn2C(C)C)n1. The van der Waals surface area contributed by atoms with Gasteiger partial charge < -0.3 is 9.88 Å². The molecule has 0 aliphatic rings. The fourth-order valence-corrected chi connectivity index (χ4v) is 2.49. The first-order valence-corrected chi connectivity index (χ1v) is 7.60. The van der Waals surface area contributed by atoms with E-state index in [0.29, 0.717) is 12.1 Å². The lowest BCUT2D eigenvalue weighted by Gasteiger charge is -2.15. The normalized spacial score (nSPS) is 13.0. The second-order valence-electron chi connectivity index (χ2n) is 5.96. The number of rotatable bonds is 7. The van der Waals surface area contributed by atoms with Crippen molar-refractivity contribution >= 4 is 0 Å². The van der Waals surface area contributed by atoms with E-state index in [9.17, 15) is 0 Å². The fraction of sp³-hybridized carbons (Fsp3) is 0.667. The molecular weight excluding hydrogens is 264 g/mol. The summed E-state index contributed by atoms with van der Waals surface area (Å²) in [6, 6.07) is 2.89. The van der Waals surface area contributed by atoms with Gasteiger partial charge in [0.25, 0.3) is 0 Å². The van der Waals surface area contributed by atoms with E-state index in [1.54, 1.807) is 6.33 Å². The van der Waals surface area contributed by atoms with Crippen molar-refractivity contribution in [1.29, 1.82) is 0 Å². The van der Waals surface area contributed by atoms with Crippen molar-refractivity contribution in [3.63, 3.8) is 0 Å². The highest BCUT2D eigenvalue weighted by Gasteiger charge is 2.09. The highest BCUT2D eigenvalue weighted by Crippen LogP contribution is 2.07. The Morgan fingerprint density at radius 3 is 2.62 bits per heavy atom. The van der Waals surface area contributed by atoms with Crippen molar-refractivity contribution in [2.24, 2.45) is 0 Å². The summed E-state index contributed by atoms with van der Waals surface area (Å²) >= 11 is 0. The number of aryl methyl sites for hydroxylation is 2. The summed E-state index contributed by atoms with van der Waals surface area (Å²) in [5, 5.41) is 16.2. The van der Waals surface area contributed by atoms with Crippen LogP contribution in [-0.2, 0) is 13.0 Å². The summed E-state index contributed by atoms with van der Waals surface area (Å²) in [7, 11) is 0. The molecule has 6 nitrogen and oxygen atoms in total. The monoisotopic (exact) mass is 290 g/mol. The number of nitrogens with zero attached hydrogens (tertiary/aromatic N) is 5. The zero-order valence-electron chi connectivity index (χ0n) is 13.7. The molecule has 21 heavy (non-hydrogen) atoms. The van der Waals surface area contributed by atoms with Gasteiger partial charge >= 0.3 is 0 Å². The molecule has 0 saturated heterocycles. The fourth-order valence-electron chi connectivity index (χ4n) is 2.49. The molecule has 0 aromatic carbocycles. The van der Waals surface area contributed by atoms with Crippen LogP contribution >= 0.6 is 0 Å². The largest absolute Gasteiger partial charge is 0.315 e. The molecule has 116 valence electrons. The first kappa shape index (κ1) is 15.7. The Morgan fingerprint density at radius 1 is 1.24 bits per heavy atom. The molecule has 0 spiro atoms. The molecule has 2 heterocycles. The van der Waals surface area contributed by atoms with E-state index in [-0.39, 0.29) is 0 Å². The Kier molecular flexibility index (Phi) is 5.12. The van der Waals surface area contributed by atoms with E-state index in [1.165, 1.54) is 5.69 Å². The third-order valence-electron chi connectivity index (χ3n) is 3.60. The van der Waals surface area contributed by atoms with Gasteiger partial charge in [-0.2, -0.15) is 5.10 Å². The Labute approximate surface area is 126 Å². The molecule has 0 radical (unpaired) electrons. The van der Waals surface area contributed by atoms with Gasteiger partial charge in [-0.1, -0.05) is 0 Å². The predicted octanol–water partition coefficient (Wildman–Crippen LogP) is 1.89. The Morgan fingerprint density at radius 2 is 2.00 bits per heavy atom. The molecule has 6 heteroatoms. The lowest BCUT2D eigenvalue weighted by atomic mass is 10.3. The highest BCUT2D eigenvalue weighted by atomic mass is 15.3. The van der Waals surface area contributed by atoms with Gasteiger partial charge in [-0.15, -0.1) is 10.2 Å². The smallest absolute Gasteiger partial charge is 0.134 e. The Hall–Kier alpha value is -1.69. The quantitative estimate of drug-likeness (QED) is 0.846. The molecule has 0 aliphatic carbocycles. The van der Waals surface area contributed by atoms with Gasteiger partial charge in [-0.25, -0.2) is 0 Å². The second-order valence-corrected chi connectivity index (χ2v) is 5.96. The third kappa shape index (κ3) is 4.14. The standard InChI is InChI=1S/C15H26N6/c1-11(2)20-10-17-18-15(20)6-7-16-13(4)9-21-14(5)8-12(3)19-21/h8,10-11,13,16H,6-7,9H2,1-5H3/t13-/m0/s1. The van der Waals surface area contributed by atoms with E-state index in [2.05, 4.69) is 63.6 Å². The van der Waals surface area contributed by atoms with Crippen LogP contribution in [0.1, 0.15) is 44.0 Å². The van der Waals surface area contributed by atoms with Gasteiger partial charge in [-0.3, -0.25) is 4.68 Å². The number of hydrogen-bond acceptors (Lipinski definition) is 4. The van der Waals surface area contributed by atoms with Crippen LogP contribution in [-0.4, -0.2) is 37.1 Å². The van der Waals surface area contributed by atoms with Crippen molar-refractivity contribution in [1.82, 2.24) is 29.9 Å². The first-order chi connectivity index (χ1) is 9.97. The first-order valence-electron chi connectivity index (χ1n) is 7.60. The summed E-state index contributed by atoms with van der Waals surface area (Å²) < 4.78 is 4.18. The van der Waals surface area contributed by atoms with Crippen LogP contribution in [0.25, 0.3) is 0 Å². The zero-order valence-corrected chi connectivity index (χ0v) is 13.7. The Bertz CT molecular complexity index is 568. The van der Waals surface area contributed by atoms with Crippen molar-refractivity contribution in [3.8, 4) is 0 Å². The van der Waals surface area contributed by atoms with Gasteiger partial charge in [-0.05, 0) is 40.7 Å². The van der Waals surface area contributed by atoms with Crippen LogP contribution in [0.5, 0.6) is 0 Å². The average molecular weight is 290 g/mol. The minimum absolute atomic E-state index is 0.374. The van der Waals surface area contributed by atoms with Crippen LogP contribution in [0.15, 0.2) is 12.4 Å². The highest BCUT2D eigenvalue weighted by molar-refractivity contribution is 5.06. The molecule has 0 amide bonds. The molecule has 0 fully saturated rings. The summed E-state index contributed by atoms with van der Waals surface area (Å²) in [5.41, 5.74) is 2.28. The molecular formula is C15H26N6. The zero-order chi connectivity index (χ0) is 15.4. The number of nitrogens with one attached hydrogen (secondary N) is 1. The van der Waals surface area contributed by atoms with Crippen LogP contribution < -0.4 is 5.32 Å².